The van der Waals surface area contributed by atoms with Crippen molar-refractivity contribution in [1.82, 2.24) is 0 Å². The summed E-state index contributed by atoms with van der Waals surface area (Å²) >= 11 is 5.51. The Kier molecular flexibility index (Phi) is 5.11. The standard InChI is InChI=1S/C27H39ClO4/c1-16-6-11-27(30-15-16)14-22-23(32-27)13-21-19-5-4-17-12-18(31-24(28)29)7-9-25(17,2)20(19)8-10-26(21,22)3/h4,16,18-23H,5-15H2,1-3H3/t16-,18+,19-,20?,21+,22+,23+,25+,26+,27-/m1/s1. The minimum atomic E-state index is -0.659. The van der Waals surface area contributed by atoms with Crippen molar-refractivity contribution in [3.8, 4) is 0 Å². The van der Waals surface area contributed by atoms with E-state index in [0.717, 1.165) is 56.5 Å². The predicted molar refractivity (Wildman–Crippen MR) is 123 cm³/mol. The second-order valence-corrected chi connectivity index (χ2v) is 12.9. The van der Waals surface area contributed by atoms with Gasteiger partial charge in [-0.1, -0.05) is 32.4 Å². The molecule has 1 unspecified atom stereocenters. The number of rotatable bonds is 1. The molecule has 0 bridgehead atoms. The Hall–Kier alpha value is -0.580. The number of carbonyl (C=O) groups is 1. The lowest BCUT2D eigenvalue weighted by atomic mass is 9.47. The summed E-state index contributed by atoms with van der Waals surface area (Å²) in [5.41, 5.74) is 1.50. The van der Waals surface area contributed by atoms with Gasteiger partial charge < -0.3 is 14.2 Å². The molecule has 6 aliphatic rings. The van der Waals surface area contributed by atoms with Gasteiger partial charge in [0.15, 0.2) is 5.79 Å². The highest BCUT2D eigenvalue weighted by atomic mass is 35.5. The number of fused-ring (bicyclic) bond motifs is 7. The highest BCUT2D eigenvalue weighted by Gasteiger charge is 2.66. The third-order valence-electron chi connectivity index (χ3n) is 11.1. The van der Waals surface area contributed by atoms with Gasteiger partial charge in [-0.25, -0.2) is 4.79 Å². The van der Waals surface area contributed by atoms with E-state index >= 15 is 0 Å². The summed E-state index contributed by atoms with van der Waals surface area (Å²) in [5.74, 6) is 3.29. The van der Waals surface area contributed by atoms with Crippen LogP contribution in [0.5, 0.6) is 0 Å². The van der Waals surface area contributed by atoms with Gasteiger partial charge in [-0.15, -0.1) is 0 Å². The van der Waals surface area contributed by atoms with E-state index in [1.54, 1.807) is 0 Å². The number of allylic oxidation sites excluding steroid dienone is 1. The largest absolute Gasteiger partial charge is 0.450 e. The van der Waals surface area contributed by atoms with Crippen LogP contribution in [0.3, 0.4) is 0 Å². The normalized spacial score (nSPS) is 54.2. The van der Waals surface area contributed by atoms with E-state index in [4.69, 9.17) is 25.8 Å². The lowest BCUT2D eigenvalue weighted by molar-refractivity contribution is -0.255. The topological polar surface area (TPSA) is 44.8 Å². The molecule has 0 radical (unpaired) electrons. The zero-order valence-corrected chi connectivity index (χ0v) is 20.7. The maximum atomic E-state index is 11.3. The molecule has 0 N–H and O–H groups in total. The Morgan fingerprint density at radius 1 is 1.12 bits per heavy atom. The maximum absolute atomic E-state index is 11.3. The van der Waals surface area contributed by atoms with Crippen molar-refractivity contribution < 1.29 is 19.0 Å². The van der Waals surface area contributed by atoms with Crippen molar-refractivity contribution >= 4 is 17.0 Å². The van der Waals surface area contributed by atoms with E-state index < -0.39 is 5.43 Å². The van der Waals surface area contributed by atoms with E-state index in [1.165, 1.54) is 37.7 Å². The molecule has 178 valence electrons. The van der Waals surface area contributed by atoms with Crippen LogP contribution in [0.15, 0.2) is 11.6 Å². The van der Waals surface area contributed by atoms with Gasteiger partial charge >= 0.3 is 5.43 Å². The van der Waals surface area contributed by atoms with Gasteiger partial charge in [0.1, 0.15) is 6.10 Å². The molecule has 10 atom stereocenters. The third-order valence-corrected chi connectivity index (χ3v) is 11.2. The fourth-order valence-corrected chi connectivity index (χ4v) is 9.40. The van der Waals surface area contributed by atoms with Gasteiger partial charge in [0.05, 0.1) is 12.7 Å². The van der Waals surface area contributed by atoms with E-state index in [0.29, 0.717) is 23.4 Å². The molecule has 5 fully saturated rings. The van der Waals surface area contributed by atoms with Gasteiger partial charge in [-0.05, 0) is 85.4 Å². The molecule has 4 nitrogen and oxygen atoms in total. The Bertz CT molecular complexity index is 816. The lowest BCUT2D eigenvalue weighted by Crippen LogP contribution is -2.51. The maximum Gasteiger partial charge on any atom is 0.404 e. The molecule has 2 heterocycles. The second kappa shape index (κ2) is 7.46. The summed E-state index contributed by atoms with van der Waals surface area (Å²) in [6, 6.07) is 0. The summed E-state index contributed by atoms with van der Waals surface area (Å²) in [5, 5.41) is 0. The number of ether oxygens (including phenoxy) is 3. The highest BCUT2D eigenvalue weighted by Crippen LogP contribution is 2.69. The third kappa shape index (κ3) is 3.18. The SMILES string of the molecule is C[C@@H]1CC[C@@]2(C[C@H]3[C@H](C[C@H]4[C@@H]5CC=C6C[C@@H](OC(=O)Cl)CC[C@]6(C)C5CC[C@]34C)O2)OC1. The van der Waals surface area contributed by atoms with Gasteiger partial charge in [-0.3, -0.25) is 0 Å². The quantitative estimate of drug-likeness (QED) is 0.315. The van der Waals surface area contributed by atoms with Crippen LogP contribution in [0.2, 0.25) is 0 Å². The van der Waals surface area contributed by atoms with Crippen LogP contribution in [0, 0.1) is 40.4 Å². The van der Waals surface area contributed by atoms with Crippen molar-refractivity contribution in [2.75, 3.05) is 6.61 Å². The molecule has 0 amide bonds. The first-order valence-electron chi connectivity index (χ1n) is 13.1. The van der Waals surface area contributed by atoms with Crippen molar-refractivity contribution in [2.45, 2.75) is 103 Å². The predicted octanol–water partition coefficient (Wildman–Crippen LogP) is 6.85. The van der Waals surface area contributed by atoms with Crippen LogP contribution >= 0.6 is 11.6 Å². The first kappa shape index (κ1) is 21.9. The molecule has 5 heteroatoms. The fourth-order valence-electron chi connectivity index (χ4n) is 9.27. The van der Waals surface area contributed by atoms with Crippen LogP contribution in [-0.2, 0) is 14.2 Å². The molecular formula is C27H39ClO4. The van der Waals surface area contributed by atoms with Crippen molar-refractivity contribution in [2.24, 2.45) is 40.4 Å². The molecule has 2 aliphatic heterocycles. The summed E-state index contributed by atoms with van der Waals surface area (Å²) in [6.45, 7) is 8.23. The van der Waals surface area contributed by atoms with Crippen LogP contribution in [0.25, 0.3) is 0 Å². The molecule has 3 saturated carbocycles. The highest BCUT2D eigenvalue weighted by molar-refractivity contribution is 6.61. The molecule has 1 spiro atoms. The van der Waals surface area contributed by atoms with Crippen molar-refractivity contribution in [1.29, 1.82) is 0 Å². The summed E-state index contributed by atoms with van der Waals surface area (Å²) in [4.78, 5) is 11.3. The minimum Gasteiger partial charge on any atom is -0.450 e. The van der Waals surface area contributed by atoms with Gasteiger partial charge in [-0.2, -0.15) is 0 Å². The van der Waals surface area contributed by atoms with Crippen LogP contribution in [-0.4, -0.2) is 30.0 Å². The molecule has 0 aromatic carbocycles. The first-order valence-corrected chi connectivity index (χ1v) is 13.5. The zero-order chi connectivity index (χ0) is 22.3. The monoisotopic (exact) mass is 462 g/mol. The van der Waals surface area contributed by atoms with E-state index in [2.05, 4.69) is 26.8 Å². The van der Waals surface area contributed by atoms with E-state index in [1.807, 2.05) is 0 Å². The fraction of sp³-hybridized carbons (Fsp3) is 0.889. The van der Waals surface area contributed by atoms with Crippen LogP contribution < -0.4 is 0 Å². The molecule has 0 aromatic heterocycles. The summed E-state index contributed by atoms with van der Waals surface area (Å²) < 4.78 is 18.5. The smallest absolute Gasteiger partial charge is 0.404 e. The summed E-state index contributed by atoms with van der Waals surface area (Å²) in [7, 11) is 0. The lowest BCUT2D eigenvalue weighted by Gasteiger charge is -2.58. The molecule has 32 heavy (non-hydrogen) atoms. The molecule has 6 rings (SSSR count). The molecule has 2 saturated heterocycles. The number of carbonyl (C=O) groups excluding carboxylic acids is 1. The molecule has 4 aliphatic carbocycles. The van der Waals surface area contributed by atoms with Crippen LogP contribution in [0.1, 0.15) is 85.0 Å². The summed E-state index contributed by atoms with van der Waals surface area (Å²) in [6.07, 6.45) is 14.2. The van der Waals surface area contributed by atoms with Gasteiger partial charge in [0, 0.05) is 30.9 Å². The van der Waals surface area contributed by atoms with Gasteiger partial charge in [0.25, 0.3) is 0 Å². The van der Waals surface area contributed by atoms with Crippen LogP contribution in [0.4, 0.5) is 4.79 Å². The minimum absolute atomic E-state index is 0.0432. The number of halogens is 1. The second-order valence-electron chi connectivity index (χ2n) is 12.6. The first-order chi connectivity index (χ1) is 15.2. The Morgan fingerprint density at radius 3 is 2.72 bits per heavy atom. The average Bonchev–Trinajstić information content (AvgIpc) is 3.23. The zero-order valence-electron chi connectivity index (χ0n) is 19.9. The van der Waals surface area contributed by atoms with E-state index in [-0.39, 0.29) is 17.3 Å². The van der Waals surface area contributed by atoms with Crippen molar-refractivity contribution in [3.05, 3.63) is 11.6 Å². The Morgan fingerprint density at radius 2 is 1.97 bits per heavy atom. The number of hydrogen-bond acceptors (Lipinski definition) is 4. The Labute approximate surface area is 197 Å². The van der Waals surface area contributed by atoms with E-state index in [9.17, 15) is 4.79 Å². The van der Waals surface area contributed by atoms with Crippen molar-refractivity contribution in [3.63, 3.8) is 0 Å². The average molecular weight is 463 g/mol. The Balaban J connectivity index is 1.21. The number of hydrogen-bond donors (Lipinski definition) is 0. The van der Waals surface area contributed by atoms with Gasteiger partial charge in [0.2, 0.25) is 0 Å². The molecule has 0 aromatic rings. The molecular weight excluding hydrogens is 424 g/mol.